The van der Waals surface area contributed by atoms with E-state index in [1.807, 2.05) is 30.6 Å². The van der Waals surface area contributed by atoms with Crippen LogP contribution >= 0.6 is 0 Å². The summed E-state index contributed by atoms with van der Waals surface area (Å²) in [5, 5.41) is 4.38. The maximum Gasteiger partial charge on any atom is 0.254 e. The summed E-state index contributed by atoms with van der Waals surface area (Å²) >= 11 is 0. The fraction of sp³-hybridized carbons (Fsp3) is 0.471. The zero-order valence-electron chi connectivity index (χ0n) is 14.3. The molecule has 4 heterocycles. The summed E-state index contributed by atoms with van der Waals surface area (Å²) in [5.74, 6) is 3.00. The highest BCUT2D eigenvalue weighted by Gasteiger charge is 2.26. The molecule has 3 aromatic rings. The second-order valence-corrected chi connectivity index (χ2v) is 6.43. The van der Waals surface area contributed by atoms with Gasteiger partial charge in [-0.15, -0.1) is 0 Å². The van der Waals surface area contributed by atoms with Crippen molar-refractivity contribution >= 4 is 11.6 Å². The Balaban J connectivity index is 1.72. The van der Waals surface area contributed by atoms with Crippen LogP contribution in [0.15, 0.2) is 18.6 Å². The predicted octanol–water partition coefficient (Wildman–Crippen LogP) is 2.22. The van der Waals surface area contributed by atoms with E-state index >= 15 is 0 Å². The largest absolute Gasteiger partial charge is 0.356 e. The molecule has 0 bridgehead atoms. The lowest BCUT2D eigenvalue weighted by Gasteiger charge is -2.35. The van der Waals surface area contributed by atoms with E-state index in [1.54, 1.807) is 6.33 Å². The van der Waals surface area contributed by atoms with Gasteiger partial charge < -0.3 is 4.90 Å². The maximum atomic E-state index is 4.63. The molecule has 1 fully saturated rings. The van der Waals surface area contributed by atoms with Gasteiger partial charge in [0.25, 0.3) is 5.78 Å². The van der Waals surface area contributed by atoms with Crippen LogP contribution in [-0.2, 0) is 0 Å². The second kappa shape index (κ2) is 5.81. The van der Waals surface area contributed by atoms with Crippen LogP contribution < -0.4 is 4.90 Å². The topological polar surface area (TPSA) is 72.1 Å². The molecule has 7 nitrogen and oxygen atoms in total. The zero-order chi connectivity index (χ0) is 16.7. The van der Waals surface area contributed by atoms with Crippen LogP contribution in [0.2, 0.25) is 0 Å². The molecule has 3 aromatic heterocycles. The Hall–Kier alpha value is -2.57. The first-order valence-corrected chi connectivity index (χ1v) is 8.35. The minimum Gasteiger partial charge on any atom is -0.356 e. The van der Waals surface area contributed by atoms with E-state index in [0.29, 0.717) is 11.7 Å². The molecule has 0 aromatic carbocycles. The lowest BCUT2D eigenvalue weighted by molar-refractivity contribution is 0.493. The van der Waals surface area contributed by atoms with Crippen molar-refractivity contribution in [2.45, 2.75) is 39.5 Å². The number of nitrogens with zero attached hydrogens (tertiary/aromatic N) is 7. The molecule has 0 saturated carbocycles. The van der Waals surface area contributed by atoms with Gasteiger partial charge in [-0.3, -0.25) is 0 Å². The van der Waals surface area contributed by atoms with Gasteiger partial charge in [-0.1, -0.05) is 0 Å². The first kappa shape index (κ1) is 15.0. The van der Waals surface area contributed by atoms with Crippen LogP contribution in [-0.4, -0.2) is 42.6 Å². The number of aryl methyl sites for hydroxylation is 2. The Morgan fingerprint density at radius 1 is 1.12 bits per heavy atom. The monoisotopic (exact) mass is 323 g/mol. The number of rotatable bonds is 2. The van der Waals surface area contributed by atoms with Crippen molar-refractivity contribution in [3.05, 3.63) is 41.4 Å². The molecule has 0 radical (unpaired) electrons. The van der Waals surface area contributed by atoms with Gasteiger partial charge in [-0.25, -0.2) is 15.0 Å². The number of fused-ring (bicyclic) bond motifs is 1. The third-order valence-corrected chi connectivity index (χ3v) is 4.81. The summed E-state index contributed by atoms with van der Waals surface area (Å²) in [6.45, 7) is 8.02. The van der Waals surface area contributed by atoms with E-state index in [1.165, 1.54) is 0 Å². The van der Waals surface area contributed by atoms with E-state index in [0.717, 1.165) is 54.5 Å². The molecule has 1 unspecified atom stereocenters. The molecule has 124 valence electrons. The Labute approximate surface area is 140 Å². The van der Waals surface area contributed by atoms with Gasteiger partial charge in [-0.05, 0) is 39.7 Å². The molecule has 0 spiro atoms. The van der Waals surface area contributed by atoms with E-state index in [4.69, 9.17) is 0 Å². The van der Waals surface area contributed by atoms with Crippen LogP contribution in [0.3, 0.4) is 0 Å². The van der Waals surface area contributed by atoms with Gasteiger partial charge in [-0.2, -0.15) is 14.6 Å². The quantitative estimate of drug-likeness (QED) is 0.720. The van der Waals surface area contributed by atoms with Crippen LogP contribution in [0.5, 0.6) is 0 Å². The van der Waals surface area contributed by atoms with E-state index in [9.17, 15) is 0 Å². The Bertz CT molecular complexity index is 886. The van der Waals surface area contributed by atoms with Crippen molar-refractivity contribution in [2.75, 3.05) is 18.0 Å². The van der Waals surface area contributed by atoms with Gasteiger partial charge in [0.05, 0.1) is 0 Å². The molecule has 1 aliphatic heterocycles. The summed E-state index contributed by atoms with van der Waals surface area (Å²) < 4.78 is 1.86. The maximum absolute atomic E-state index is 4.63. The van der Waals surface area contributed by atoms with Crippen molar-refractivity contribution in [3.8, 4) is 0 Å². The third kappa shape index (κ3) is 2.50. The van der Waals surface area contributed by atoms with Gasteiger partial charge in [0.15, 0.2) is 0 Å². The Kier molecular flexibility index (Phi) is 3.63. The number of anilines is 1. The fourth-order valence-electron chi connectivity index (χ4n) is 3.50. The van der Waals surface area contributed by atoms with Gasteiger partial charge in [0.1, 0.15) is 18.0 Å². The highest BCUT2D eigenvalue weighted by atomic mass is 15.4. The lowest BCUT2D eigenvalue weighted by Crippen LogP contribution is -2.36. The molecule has 0 N–H and O–H groups in total. The second-order valence-electron chi connectivity index (χ2n) is 6.43. The molecule has 7 heteroatoms. The lowest BCUT2D eigenvalue weighted by atomic mass is 9.94. The number of hydrogen-bond donors (Lipinski definition) is 0. The smallest absolute Gasteiger partial charge is 0.254 e. The van der Waals surface area contributed by atoms with Gasteiger partial charge in [0, 0.05) is 42.2 Å². The molecule has 0 aliphatic carbocycles. The SMILES string of the molecule is Cc1nccc(C2CCCN(c3c(C)c(C)nc4ncnn34)C2)n1. The van der Waals surface area contributed by atoms with Crippen LogP contribution in [0, 0.1) is 20.8 Å². The third-order valence-electron chi connectivity index (χ3n) is 4.81. The summed E-state index contributed by atoms with van der Waals surface area (Å²) in [5.41, 5.74) is 3.29. The molecule has 0 amide bonds. The molecule has 4 rings (SSSR count). The van der Waals surface area contributed by atoms with E-state index < -0.39 is 0 Å². The van der Waals surface area contributed by atoms with Crippen molar-refractivity contribution in [3.63, 3.8) is 0 Å². The van der Waals surface area contributed by atoms with Gasteiger partial charge in [0.2, 0.25) is 0 Å². The highest BCUT2D eigenvalue weighted by molar-refractivity contribution is 5.54. The first-order chi connectivity index (χ1) is 11.6. The number of aromatic nitrogens is 6. The first-order valence-electron chi connectivity index (χ1n) is 8.35. The normalized spacial score (nSPS) is 18.3. The zero-order valence-corrected chi connectivity index (χ0v) is 14.3. The van der Waals surface area contributed by atoms with E-state index in [-0.39, 0.29) is 0 Å². The van der Waals surface area contributed by atoms with E-state index in [2.05, 4.69) is 36.9 Å². The summed E-state index contributed by atoms with van der Waals surface area (Å²) in [6, 6.07) is 2.04. The molecule has 1 saturated heterocycles. The molecular weight excluding hydrogens is 302 g/mol. The average Bonchev–Trinajstić information content (AvgIpc) is 3.03. The van der Waals surface area contributed by atoms with Crippen molar-refractivity contribution in [1.29, 1.82) is 0 Å². The minimum absolute atomic E-state index is 0.409. The Morgan fingerprint density at radius 3 is 2.83 bits per heavy atom. The molecule has 1 atom stereocenters. The highest BCUT2D eigenvalue weighted by Crippen LogP contribution is 2.31. The number of hydrogen-bond acceptors (Lipinski definition) is 6. The summed E-state index contributed by atoms with van der Waals surface area (Å²) in [7, 11) is 0. The van der Waals surface area contributed by atoms with Crippen LogP contribution in [0.1, 0.15) is 41.5 Å². The standard InChI is InChI=1S/C17H21N7/c1-11-12(2)21-17-19-10-20-24(17)16(11)23-8-4-5-14(9-23)15-6-7-18-13(3)22-15/h6-7,10,14H,4-5,8-9H2,1-3H3. The number of piperidine rings is 1. The average molecular weight is 323 g/mol. The van der Waals surface area contributed by atoms with Crippen molar-refractivity contribution < 1.29 is 0 Å². The minimum atomic E-state index is 0.409. The molecule has 24 heavy (non-hydrogen) atoms. The molecule has 1 aliphatic rings. The van der Waals surface area contributed by atoms with Gasteiger partial charge >= 0.3 is 0 Å². The van der Waals surface area contributed by atoms with Crippen molar-refractivity contribution in [2.24, 2.45) is 0 Å². The fourth-order valence-corrected chi connectivity index (χ4v) is 3.50. The van der Waals surface area contributed by atoms with Crippen LogP contribution in [0.4, 0.5) is 5.82 Å². The summed E-state index contributed by atoms with van der Waals surface area (Å²) in [6.07, 6.45) is 5.70. The Morgan fingerprint density at radius 2 is 2.00 bits per heavy atom. The molecular formula is C17H21N7. The van der Waals surface area contributed by atoms with Crippen molar-refractivity contribution in [1.82, 2.24) is 29.5 Å². The predicted molar refractivity (Wildman–Crippen MR) is 91.2 cm³/mol. The summed E-state index contributed by atoms with van der Waals surface area (Å²) in [4.78, 5) is 20.0. The van der Waals surface area contributed by atoms with Crippen LogP contribution in [0.25, 0.3) is 5.78 Å².